The lowest BCUT2D eigenvalue weighted by molar-refractivity contribution is 0.340. The van der Waals surface area contributed by atoms with Crippen LogP contribution in [0.4, 0.5) is 11.4 Å². The van der Waals surface area contributed by atoms with Crippen molar-refractivity contribution >= 4 is 11.4 Å². The molecule has 3 nitrogen and oxygen atoms in total. The summed E-state index contributed by atoms with van der Waals surface area (Å²) in [6.45, 7) is 7.02. The molecule has 3 heteroatoms. The van der Waals surface area contributed by atoms with Gasteiger partial charge in [-0.3, -0.25) is 0 Å². The molecule has 0 atom stereocenters. The Morgan fingerprint density at radius 2 is 2.06 bits per heavy atom. The highest BCUT2D eigenvalue weighted by molar-refractivity contribution is 5.60. The Kier molecular flexibility index (Phi) is 3.77. The molecule has 1 saturated carbocycles. The molecule has 1 aliphatic carbocycles. The van der Waals surface area contributed by atoms with Crippen LogP contribution in [-0.4, -0.2) is 19.7 Å². The minimum atomic E-state index is 0.678. The number of ether oxygens (including phenoxy) is 1. The van der Waals surface area contributed by atoms with Crippen LogP contribution in [-0.2, 0) is 0 Å². The molecule has 2 N–H and O–H groups in total. The minimum absolute atomic E-state index is 0.678. The molecule has 17 heavy (non-hydrogen) atoms. The summed E-state index contributed by atoms with van der Waals surface area (Å²) in [6, 6.07) is 6.01. The standard InChI is InChI=1S/C14H22N2O/c1-3-16(10-11-5-6-11)13-7-12(15)8-14(9-13)17-4-2/h7-9,11H,3-6,10,15H2,1-2H3. The summed E-state index contributed by atoms with van der Waals surface area (Å²) in [5.74, 6) is 1.75. The molecule has 1 aromatic carbocycles. The van der Waals surface area contributed by atoms with E-state index in [9.17, 15) is 0 Å². The Hall–Kier alpha value is -1.38. The van der Waals surface area contributed by atoms with Crippen molar-refractivity contribution in [3.05, 3.63) is 18.2 Å². The fourth-order valence-corrected chi connectivity index (χ4v) is 2.07. The molecular weight excluding hydrogens is 212 g/mol. The molecular formula is C14H22N2O. The van der Waals surface area contributed by atoms with Crippen LogP contribution in [0.2, 0.25) is 0 Å². The van der Waals surface area contributed by atoms with Crippen molar-refractivity contribution < 1.29 is 4.74 Å². The third-order valence-electron chi connectivity index (χ3n) is 3.15. The van der Waals surface area contributed by atoms with Gasteiger partial charge in [-0.2, -0.15) is 0 Å². The van der Waals surface area contributed by atoms with Gasteiger partial charge in [-0.05, 0) is 38.7 Å². The molecule has 2 rings (SSSR count). The lowest BCUT2D eigenvalue weighted by atomic mass is 10.2. The molecule has 0 radical (unpaired) electrons. The van der Waals surface area contributed by atoms with E-state index >= 15 is 0 Å². The van der Waals surface area contributed by atoms with Gasteiger partial charge in [-0.15, -0.1) is 0 Å². The first-order chi connectivity index (χ1) is 8.22. The Labute approximate surface area is 104 Å². The summed E-state index contributed by atoms with van der Waals surface area (Å²) in [5, 5.41) is 0. The van der Waals surface area contributed by atoms with Crippen LogP contribution in [0.3, 0.4) is 0 Å². The molecule has 0 aliphatic heterocycles. The van der Waals surface area contributed by atoms with Gasteiger partial charge < -0.3 is 15.4 Å². The van der Waals surface area contributed by atoms with Gasteiger partial charge >= 0.3 is 0 Å². The highest BCUT2D eigenvalue weighted by Gasteiger charge is 2.24. The molecule has 1 aromatic rings. The van der Waals surface area contributed by atoms with E-state index in [2.05, 4.69) is 17.9 Å². The first-order valence-corrected chi connectivity index (χ1v) is 6.51. The van der Waals surface area contributed by atoms with Gasteiger partial charge in [0.15, 0.2) is 0 Å². The SMILES string of the molecule is CCOc1cc(N)cc(N(CC)CC2CC2)c1. The Morgan fingerprint density at radius 1 is 1.29 bits per heavy atom. The van der Waals surface area contributed by atoms with E-state index in [1.165, 1.54) is 18.5 Å². The van der Waals surface area contributed by atoms with Gasteiger partial charge in [0.2, 0.25) is 0 Å². The van der Waals surface area contributed by atoms with E-state index in [1.54, 1.807) is 0 Å². The molecule has 0 saturated heterocycles. The third-order valence-corrected chi connectivity index (χ3v) is 3.15. The molecule has 0 spiro atoms. The number of benzene rings is 1. The molecule has 94 valence electrons. The van der Waals surface area contributed by atoms with Gasteiger partial charge in [0, 0.05) is 36.6 Å². The predicted molar refractivity (Wildman–Crippen MR) is 72.6 cm³/mol. The van der Waals surface area contributed by atoms with Crippen LogP contribution in [0.5, 0.6) is 5.75 Å². The Bertz CT molecular complexity index is 374. The molecule has 0 bridgehead atoms. The van der Waals surface area contributed by atoms with Crippen LogP contribution < -0.4 is 15.4 Å². The van der Waals surface area contributed by atoms with E-state index in [0.717, 1.165) is 30.4 Å². The maximum absolute atomic E-state index is 5.92. The monoisotopic (exact) mass is 234 g/mol. The number of hydrogen-bond acceptors (Lipinski definition) is 3. The quantitative estimate of drug-likeness (QED) is 0.769. The van der Waals surface area contributed by atoms with Crippen LogP contribution in [0, 0.1) is 5.92 Å². The second-order valence-electron chi connectivity index (χ2n) is 4.68. The first kappa shape index (κ1) is 12.1. The van der Waals surface area contributed by atoms with Crippen LogP contribution in [0.15, 0.2) is 18.2 Å². The molecule has 0 amide bonds. The summed E-state index contributed by atoms with van der Waals surface area (Å²) in [7, 11) is 0. The van der Waals surface area contributed by atoms with Gasteiger partial charge in [-0.1, -0.05) is 0 Å². The van der Waals surface area contributed by atoms with Crippen molar-refractivity contribution in [1.82, 2.24) is 0 Å². The lowest BCUT2D eigenvalue weighted by Crippen LogP contribution is -2.25. The van der Waals surface area contributed by atoms with Gasteiger partial charge in [0.25, 0.3) is 0 Å². The largest absolute Gasteiger partial charge is 0.494 e. The number of nitrogens with zero attached hydrogens (tertiary/aromatic N) is 1. The van der Waals surface area contributed by atoms with Crippen molar-refractivity contribution in [2.24, 2.45) is 5.92 Å². The smallest absolute Gasteiger partial charge is 0.123 e. The molecule has 0 aromatic heterocycles. The van der Waals surface area contributed by atoms with Crippen LogP contribution in [0.25, 0.3) is 0 Å². The highest BCUT2D eigenvalue weighted by atomic mass is 16.5. The summed E-state index contributed by atoms with van der Waals surface area (Å²) < 4.78 is 5.54. The summed E-state index contributed by atoms with van der Waals surface area (Å²) >= 11 is 0. The topological polar surface area (TPSA) is 38.5 Å². The fourth-order valence-electron chi connectivity index (χ4n) is 2.07. The molecule has 1 fully saturated rings. The molecule has 0 unspecified atom stereocenters. The average Bonchev–Trinajstić information content (AvgIpc) is 3.09. The molecule has 0 heterocycles. The first-order valence-electron chi connectivity index (χ1n) is 6.51. The van der Waals surface area contributed by atoms with Crippen molar-refractivity contribution in [3.63, 3.8) is 0 Å². The number of nitrogens with two attached hydrogens (primary N) is 1. The second-order valence-corrected chi connectivity index (χ2v) is 4.68. The zero-order chi connectivity index (χ0) is 12.3. The van der Waals surface area contributed by atoms with Crippen molar-refractivity contribution in [1.29, 1.82) is 0 Å². The zero-order valence-electron chi connectivity index (χ0n) is 10.8. The van der Waals surface area contributed by atoms with E-state index < -0.39 is 0 Å². The summed E-state index contributed by atoms with van der Waals surface area (Å²) in [4.78, 5) is 2.39. The van der Waals surface area contributed by atoms with Crippen molar-refractivity contribution in [2.45, 2.75) is 26.7 Å². The fraction of sp³-hybridized carbons (Fsp3) is 0.571. The predicted octanol–water partition coefficient (Wildman–Crippen LogP) is 2.90. The van der Waals surface area contributed by atoms with Crippen LogP contribution in [0.1, 0.15) is 26.7 Å². The number of anilines is 2. The second kappa shape index (κ2) is 5.30. The summed E-state index contributed by atoms with van der Waals surface area (Å²) in [5.41, 5.74) is 7.88. The Balaban J connectivity index is 2.15. The average molecular weight is 234 g/mol. The van der Waals surface area contributed by atoms with Gasteiger partial charge in [0.1, 0.15) is 5.75 Å². The van der Waals surface area contributed by atoms with E-state index in [-0.39, 0.29) is 0 Å². The summed E-state index contributed by atoms with van der Waals surface area (Å²) in [6.07, 6.45) is 2.74. The van der Waals surface area contributed by atoms with Gasteiger partial charge in [-0.25, -0.2) is 0 Å². The number of rotatable bonds is 6. The Morgan fingerprint density at radius 3 is 2.65 bits per heavy atom. The van der Waals surface area contributed by atoms with Gasteiger partial charge in [0.05, 0.1) is 6.61 Å². The normalized spacial score (nSPS) is 14.7. The van der Waals surface area contributed by atoms with E-state index in [4.69, 9.17) is 10.5 Å². The maximum atomic E-state index is 5.92. The van der Waals surface area contributed by atoms with Crippen molar-refractivity contribution in [2.75, 3.05) is 30.3 Å². The van der Waals surface area contributed by atoms with Crippen molar-refractivity contribution in [3.8, 4) is 5.75 Å². The highest BCUT2D eigenvalue weighted by Crippen LogP contribution is 2.33. The number of hydrogen-bond donors (Lipinski definition) is 1. The zero-order valence-corrected chi connectivity index (χ0v) is 10.8. The lowest BCUT2D eigenvalue weighted by Gasteiger charge is -2.24. The maximum Gasteiger partial charge on any atom is 0.123 e. The van der Waals surface area contributed by atoms with Crippen LogP contribution >= 0.6 is 0 Å². The van der Waals surface area contributed by atoms with E-state index in [1.807, 2.05) is 19.1 Å². The number of nitrogen functional groups attached to an aromatic ring is 1. The van der Waals surface area contributed by atoms with E-state index in [0.29, 0.717) is 6.61 Å². The third kappa shape index (κ3) is 3.29. The molecule has 1 aliphatic rings. The minimum Gasteiger partial charge on any atom is -0.494 e.